The molecule has 12 rings (SSSR count). The van der Waals surface area contributed by atoms with Gasteiger partial charge in [0.2, 0.25) is 11.9 Å². The highest BCUT2D eigenvalue weighted by molar-refractivity contribution is 5.87. The molecule has 0 bridgehead atoms. The van der Waals surface area contributed by atoms with Gasteiger partial charge >= 0.3 is 18.0 Å². The summed E-state index contributed by atoms with van der Waals surface area (Å²) in [6.45, 7) is 2.68. The van der Waals surface area contributed by atoms with Crippen molar-refractivity contribution in [2.24, 2.45) is 0 Å². The molecular formula is C67H78N16O15. The van der Waals surface area contributed by atoms with E-state index in [2.05, 4.69) is 31.9 Å². The molecule has 98 heavy (non-hydrogen) atoms. The number of urea groups is 1. The second kappa shape index (κ2) is 29.4. The van der Waals surface area contributed by atoms with Crippen molar-refractivity contribution in [3.05, 3.63) is 132 Å². The molecule has 0 radical (unpaired) electrons. The summed E-state index contributed by atoms with van der Waals surface area (Å²) in [6.07, 6.45) is -1.37. The maximum Gasteiger partial charge on any atom is 0.315 e. The van der Waals surface area contributed by atoms with Gasteiger partial charge in [0.1, 0.15) is 47.4 Å². The summed E-state index contributed by atoms with van der Waals surface area (Å²) in [5, 5.41) is 64.8. The van der Waals surface area contributed by atoms with Gasteiger partial charge in [0.15, 0.2) is 47.2 Å². The molecular weight excluding hydrogens is 1270 g/mol. The topological polar surface area (TPSA) is 388 Å². The zero-order valence-corrected chi connectivity index (χ0v) is 54.6. The summed E-state index contributed by atoms with van der Waals surface area (Å²) in [5.74, 6) is 1.30. The molecule has 8 aromatic rings. The Bertz CT molecular complexity index is 3810. The molecule has 2 saturated heterocycles. The Morgan fingerprint density at radius 1 is 0.480 bits per heavy atom. The molecule has 4 fully saturated rings. The average Bonchev–Trinajstić information content (AvgIpc) is 1.59. The van der Waals surface area contributed by atoms with Crippen molar-refractivity contribution in [3.8, 4) is 23.0 Å². The van der Waals surface area contributed by atoms with Crippen LogP contribution in [0.2, 0.25) is 0 Å². The molecule has 516 valence electrons. The quantitative estimate of drug-likeness (QED) is 0.0389. The zero-order valence-electron chi connectivity index (χ0n) is 54.6. The van der Waals surface area contributed by atoms with Gasteiger partial charge in [-0.3, -0.25) is 19.2 Å². The summed E-state index contributed by atoms with van der Waals surface area (Å²) < 4.78 is 35.1. The molecule has 4 amide bonds. The lowest BCUT2D eigenvalue weighted by atomic mass is 9.98. The molecule has 10 N–H and O–H groups in total. The van der Waals surface area contributed by atoms with Gasteiger partial charge in [0, 0.05) is 52.1 Å². The fourth-order valence-corrected chi connectivity index (χ4v) is 13.2. The molecule has 2 aliphatic heterocycles. The van der Waals surface area contributed by atoms with Crippen LogP contribution >= 0.6 is 0 Å². The number of hydrogen-bond donors (Lipinski definition) is 10. The van der Waals surface area contributed by atoms with Crippen LogP contribution in [0.5, 0.6) is 23.0 Å². The van der Waals surface area contributed by atoms with Crippen LogP contribution < -0.4 is 60.6 Å². The third-order valence-corrected chi connectivity index (χ3v) is 18.3. The van der Waals surface area contributed by atoms with Gasteiger partial charge in [-0.05, 0) is 96.5 Å². The number of hydrogen-bond acceptors (Lipinski definition) is 25. The molecule has 31 heteroatoms. The summed E-state index contributed by atoms with van der Waals surface area (Å²) in [4.78, 5) is 96.7. The first kappa shape index (κ1) is 67.4. The lowest BCUT2D eigenvalue weighted by Crippen LogP contribution is -2.48. The van der Waals surface area contributed by atoms with E-state index in [0.717, 1.165) is 22.3 Å². The number of rotatable bonds is 24. The SMILES string of the molecule is COc1ccc(C(Nc2nc(N3CCC(NC(=O)NC4CCN(c5nc(NC(c6ccc(OC)cc6)c6ccc(OC)cc6)c6ncn(C7CC(NC(=O)COC(C)=O)C(O)C7O)c6n5)C4)C3)nc3c2ncn3C2CC(NC(=O)COC(C)=O)C(O)C2O)c2ccc(OC)cc2)cc1. The maximum absolute atomic E-state index is 14.2. The van der Waals surface area contributed by atoms with Gasteiger partial charge in [-0.25, -0.2) is 14.8 Å². The Hall–Kier alpha value is -10.6. The summed E-state index contributed by atoms with van der Waals surface area (Å²) in [6, 6.07) is 24.7. The second-order valence-electron chi connectivity index (χ2n) is 24.6. The van der Waals surface area contributed by atoms with Crippen LogP contribution in [0.4, 0.5) is 28.3 Å². The van der Waals surface area contributed by atoms with Gasteiger partial charge in [-0.1, -0.05) is 48.5 Å². The number of carbonyl (C=O) groups excluding carboxylic acids is 5. The lowest BCUT2D eigenvalue weighted by molar-refractivity contribution is -0.147. The first-order valence-corrected chi connectivity index (χ1v) is 32.1. The number of aromatic nitrogens is 8. The molecule has 10 unspecified atom stereocenters. The zero-order chi connectivity index (χ0) is 68.9. The van der Waals surface area contributed by atoms with Crippen LogP contribution in [-0.4, -0.2) is 206 Å². The van der Waals surface area contributed by atoms with Crippen molar-refractivity contribution in [1.29, 1.82) is 0 Å². The summed E-state index contributed by atoms with van der Waals surface area (Å²) in [7, 11) is 6.37. The Balaban J connectivity index is 0.797. The van der Waals surface area contributed by atoms with Gasteiger partial charge in [0.25, 0.3) is 11.8 Å². The third kappa shape index (κ3) is 14.7. The molecule has 10 atom stereocenters. The highest BCUT2D eigenvalue weighted by atomic mass is 16.5. The average molecular weight is 1350 g/mol. The predicted molar refractivity (Wildman–Crippen MR) is 355 cm³/mol. The summed E-state index contributed by atoms with van der Waals surface area (Å²) in [5.41, 5.74) is 4.76. The molecule has 2 saturated carbocycles. The monoisotopic (exact) mass is 1350 g/mol. The van der Waals surface area contributed by atoms with E-state index in [9.17, 15) is 44.4 Å². The number of methoxy groups -OCH3 is 4. The van der Waals surface area contributed by atoms with E-state index >= 15 is 0 Å². The fourth-order valence-electron chi connectivity index (χ4n) is 13.2. The number of anilines is 4. The van der Waals surface area contributed by atoms with Crippen molar-refractivity contribution >= 4 is 75.6 Å². The number of amides is 4. The van der Waals surface area contributed by atoms with Crippen LogP contribution in [0, 0.1) is 0 Å². The van der Waals surface area contributed by atoms with Gasteiger partial charge in [-0.2, -0.15) is 19.9 Å². The number of aliphatic hydroxyl groups is 4. The lowest BCUT2D eigenvalue weighted by Gasteiger charge is -2.24. The Morgan fingerprint density at radius 3 is 1.13 bits per heavy atom. The number of nitrogens with one attached hydrogen (secondary N) is 6. The van der Waals surface area contributed by atoms with Gasteiger partial charge in [-0.15, -0.1) is 0 Å². The molecule has 2 aliphatic carbocycles. The van der Waals surface area contributed by atoms with E-state index < -0.39 is 104 Å². The minimum atomic E-state index is -1.40. The number of carbonyl (C=O) groups is 5. The highest BCUT2D eigenvalue weighted by Crippen LogP contribution is 2.40. The minimum absolute atomic E-state index is 0.0679. The first-order chi connectivity index (χ1) is 47.3. The van der Waals surface area contributed by atoms with Crippen molar-refractivity contribution in [3.63, 3.8) is 0 Å². The highest BCUT2D eigenvalue weighted by Gasteiger charge is 2.46. The Labute approximate surface area is 562 Å². The molecule has 4 aliphatic rings. The van der Waals surface area contributed by atoms with Gasteiger partial charge < -0.3 is 99.7 Å². The van der Waals surface area contributed by atoms with E-state index in [1.54, 1.807) is 37.6 Å². The van der Waals surface area contributed by atoms with Crippen LogP contribution in [-0.2, 0) is 28.7 Å². The predicted octanol–water partition coefficient (Wildman–Crippen LogP) is 2.99. The first-order valence-electron chi connectivity index (χ1n) is 32.1. The molecule has 31 nitrogen and oxygen atoms in total. The number of nitrogens with zero attached hydrogens (tertiary/aromatic N) is 10. The Morgan fingerprint density at radius 2 is 0.816 bits per heavy atom. The molecule has 6 heterocycles. The maximum atomic E-state index is 14.2. The van der Waals surface area contributed by atoms with Crippen LogP contribution in [0.1, 0.15) is 86.0 Å². The van der Waals surface area contributed by atoms with Crippen molar-refractivity contribution in [1.82, 2.24) is 60.3 Å². The number of imidazole rings is 2. The number of fused-ring (bicyclic) bond motifs is 2. The fraction of sp³-hybridized carbons (Fsp3) is 0.418. The van der Waals surface area contributed by atoms with E-state index in [1.807, 2.05) is 107 Å². The second-order valence-corrected chi connectivity index (χ2v) is 24.6. The third-order valence-electron chi connectivity index (χ3n) is 18.3. The molecule has 4 aromatic carbocycles. The normalized spacial score (nSPS) is 22.1. The van der Waals surface area contributed by atoms with Crippen molar-refractivity contribution in [2.45, 2.75) is 112 Å². The van der Waals surface area contributed by atoms with E-state index in [1.165, 1.54) is 26.5 Å². The smallest absolute Gasteiger partial charge is 0.315 e. The van der Waals surface area contributed by atoms with Crippen LogP contribution in [0.15, 0.2) is 110 Å². The number of benzene rings is 4. The van der Waals surface area contributed by atoms with Gasteiger partial charge in [0.05, 0.1) is 77.3 Å². The van der Waals surface area contributed by atoms with Crippen molar-refractivity contribution in [2.75, 3.05) is 88.3 Å². The van der Waals surface area contributed by atoms with Crippen molar-refractivity contribution < 1.29 is 72.8 Å². The van der Waals surface area contributed by atoms with E-state index in [0.29, 0.717) is 96.0 Å². The minimum Gasteiger partial charge on any atom is -0.497 e. The molecule has 4 aromatic heterocycles. The number of esters is 2. The number of ether oxygens (including phenoxy) is 6. The van der Waals surface area contributed by atoms with E-state index in [-0.39, 0.29) is 36.8 Å². The number of aliphatic hydroxyl groups excluding tert-OH is 4. The Kier molecular flexibility index (Phi) is 20.2. The molecule has 0 spiro atoms. The largest absolute Gasteiger partial charge is 0.497 e. The van der Waals surface area contributed by atoms with Crippen LogP contribution in [0.3, 0.4) is 0 Å². The van der Waals surface area contributed by atoms with Crippen LogP contribution in [0.25, 0.3) is 22.3 Å². The summed E-state index contributed by atoms with van der Waals surface area (Å²) >= 11 is 0. The standard InChI is InChI=1S/C67H78N16O15/c1-35(84)97-31-51(86)72-47-27-49(59(90)57(47)88)82-33-68-55-61(74-53(37-7-15-43(93-3)16-8-37)38-9-17-44(94-4)18-10-38)76-65(78-63(55)82)80-25-23-41(29-80)70-67(92)71-42-24-26-81(30-42)66-77-62(75-54(39-11-19-45(95-5)20-12-39)40-13-21-46(96-6)22-14-40)56-64(79-66)83(34-69-56)50-28-48(58(89)60(50)91)73-52(87)32-98-36(2)85/h7-22,33-34,41-42,47-50,53-54,57-60,88-91H,23-32H2,1-6H3,(H,72,86)(H,73,87)(H2,70,71,92)(H,74,76,78)(H,75,77,79). The van der Waals surface area contributed by atoms with E-state index in [4.69, 9.17) is 58.3 Å².